The first-order valence-electron chi connectivity index (χ1n) is 12.9. The molecule has 1 saturated carbocycles. The molecular formula is C31H32F2N4O2S. The third-order valence-electron chi connectivity index (χ3n) is 6.93. The summed E-state index contributed by atoms with van der Waals surface area (Å²) < 4.78 is 32.0. The van der Waals surface area contributed by atoms with Gasteiger partial charge in [-0.05, 0) is 71.2 Å². The van der Waals surface area contributed by atoms with Crippen LogP contribution in [0.15, 0.2) is 58.7 Å². The molecule has 1 heterocycles. The zero-order valence-corrected chi connectivity index (χ0v) is 24.0. The van der Waals surface area contributed by atoms with Crippen LogP contribution < -0.4 is 10.2 Å². The van der Waals surface area contributed by atoms with Gasteiger partial charge in [0.2, 0.25) is 5.91 Å². The number of thioether (sulfide) groups is 1. The summed E-state index contributed by atoms with van der Waals surface area (Å²) in [5.74, 6) is 0.924. The van der Waals surface area contributed by atoms with Gasteiger partial charge >= 0.3 is 0 Å². The molecule has 0 saturated heterocycles. The Hall–Kier alpha value is -3.77. The summed E-state index contributed by atoms with van der Waals surface area (Å²) in [6.07, 6.45) is -0.373. The molecule has 1 aliphatic carbocycles. The number of nitrogens with zero attached hydrogens (tertiary/aromatic N) is 3. The van der Waals surface area contributed by atoms with Gasteiger partial charge in [0.05, 0.1) is 18.9 Å². The fourth-order valence-corrected chi connectivity index (χ4v) is 5.53. The summed E-state index contributed by atoms with van der Waals surface area (Å²) in [6.45, 7) is 8.15. The Balaban J connectivity index is 1.39. The zero-order valence-electron chi connectivity index (χ0n) is 23.2. The highest BCUT2D eigenvalue weighted by Gasteiger charge is 2.44. The Kier molecular flexibility index (Phi) is 8.89. The first-order chi connectivity index (χ1) is 19.0. The lowest BCUT2D eigenvalue weighted by molar-refractivity contribution is -0.122. The molecule has 1 fully saturated rings. The van der Waals surface area contributed by atoms with Crippen LogP contribution in [-0.2, 0) is 16.0 Å². The second-order valence-electron chi connectivity index (χ2n) is 10.9. The van der Waals surface area contributed by atoms with Crippen molar-refractivity contribution in [2.24, 2.45) is 11.0 Å². The fourth-order valence-electron chi connectivity index (χ4n) is 4.49. The number of carbonyl (C=O) groups excluding carboxylic acids is 1. The SMILES string of the molecule is COc1ccc(C=NNC(=O)[C@@H]2C[C@@H]2c2ccc(C(C)(C)C)cc2)cc1CSc1nc(C(F)F)cc(C)c1C#N. The maximum Gasteiger partial charge on any atom is 0.280 e. The van der Waals surface area contributed by atoms with E-state index in [1.807, 2.05) is 6.07 Å². The van der Waals surface area contributed by atoms with Crippen LogP contribution in [0.5, 0.6) is 5.75 Å². The van der Waals surface area contributed by atoms with Gasteiger partial charge in [0, 0.05) is 17.2 Å². The normalized spacial score (nSPS) is 16.7. The minimum absolute atomic E-state index is 0.0858. The summed E-state index contributed by atoms with van der Waals surface area (Å²) in [6, 6.07) is 17.2. The van der Waals surface area contributed by atoms with Crippen LogP contribution in [0.1, 0.15) is 78.6 Å². The molecule has 4 rings (SSSR count). The zero-order chi connectivity index (χ0) is 29.0. The lowest BCUT2D eigenvalue weighted by atomic mass is 9.86. The topological polar surface area (TPSA) is 87.4 Å². The number of amides is 1. The third-order valence-corrected chi connectivity index (χ3v) is 7.95. The highest BCUT2D eigenvalue weighted by molar-refractivity contribution is 7.98. The molecule has 0 bridgehead atoms. The number of benzene rings is 2. The molecule has 1 aliphatic rings. The highest BCUT2D eigenvalue weighted by atomic mass is 32.2. The Morgan fingerprint density at radius 1 is 1.25 bits per heavy atom. The van der Waals surface area contributed by atoms with E-state index in [2.05, 4.69) is 66.6 Å². The number of rotatable bonds is 9. The number of hydrazone groups is 1. The maximum absolute atomic E-state index is 13.3. The molecule has 3 aromatic rings. The van der Waals surface area contributed by atoms with Gasteiger partial charge in [-0.15, -0.1) is 11.8 Å². The Bertz CT molecular complexity index is 1460. The maximum atomic E-state index is 13.3. The summed E-state index contributed by atoms with van der Waals surface area (Å²) in [5.41, 5.74) is 7.04. The van der Waals surface area contributed by atoms with Crippen molar-refractivity contribution >= 4 is 23.9 Å². The van der Waals surface area contributed by atoms with E-state index in [4.69, 9.17) is 4.74 Å². The lowest BCUT2D eigenvalue weighted by Crippen LogP contribution is -2.20. The Labute approximate surface area is 237 Å². The monoisotopic (exact) mass is 562 g/mol. The van der Waals surface area contributed by atoms with E-state index in [1.165, 1.54) is 23.4 Å². The van der Waals surface area contributed by atoms with E-state index >= 15 is 0 Å². The van der Waals surface area contributed by atoms with Crippen LogP contribution in [0.25, 0.3) is 0 Å². The molecule has 1 aromatic heterocycles. The molecule has 208 valence electrons. The number of pyridine rings is 1. The minimum Gasteiger partial charge on any atom is -0.496 e. The van der Waals surface area contributed by atoms with Gasteiger partial charge in [-0.3, -0.25) is 4.79 Å². The Morgan fingerprint density at radius 2 is 1.98 bits per heavy atom. The van der Waals surface area contributed by atoms with Crippen molar-refractivity contribution in [1.29, 1.82) is 5.26 Å². The van der Waals surface area contributed by atoms with Gasteiger partial charge in [-0.1, -0.05) is 45.0 Å². The standard InChI is InChI=1S/C31H32F2N4O2S/c1-18-12-26(28(32)33)36-30(25(18)15-34)40-17-21-13-19(6-11-27(21)39-5)16-35-37-29(38)24-14-23(24)20-7-9-22(10-8-20)31(2,3)4/h6-13,16,23-24,28H,14,17H2,1-5H3,(H,37,38)/t23-,24-/m1/s1. The predicted molar refractivity (Wildman–Crippen MR) is 153 cm³/mol. The summed E-state index contributed by atoms with van der Waals surface area (Å²) in [5, 5.41) is 13.9. The third kappa shape index (κ3) is 6.86. The minimum atomic E-state index is -2.73. The molecule has 6 nitrogen and oxygen atoms in total. The smallest absolute Gasteiger partial charge is 0.280 e. The average Bonchev–Trinajstić information content (AvgIpc) is 3.72. The molecule has 2 aromatic carbocycles. The van der Waals surface area contributed by atoms with Crippen LogP contribution in [-0.4, -0.2) is 24.2 Å². The molecule has 2 atom stereocenters. The van der Waals surface area contributed by atoms with E-state index in [0.717, 1.165) is 23.1 Å². The average molecular weight is 563 g/mol. The molecule has 40 heavy (non-hydrogen) atoms. The van der Waals surface area contributed by atoms with Crippen molar-refractivity contribution < 1.29 is 18.3 Å². The molecular weight excluding hydrogens is 530 g/mol. The van der Waals surface area contributed by atoms with Gasteiger partial charge in [0.1, 0.15) is 22.5 Å². The fraction of sp³-hybridized carbons (Fsp3) is 0.355. The second kappa shape index (κ2) is 12.2. The number of hydrogen-bond donors (Lipinski definition) is 1. The van der Waals surface area contributed by atoms with Crippen molar-refractivity contribution in [1.82, 2.24) is 10.4 Å². The molecule has 0 unspecified atom stereocenters. The molecule has 9 heteroatoms. The van der Waals surface area contributed by atoms with Gasteiger partial charge in [-0.2, -0.15) is 10.4 Å². The quantitative estimate of drug-likeness (QED) is 0.172. The van der Waals surface area contributed by atoms with E-state index in [0.29, 0.717) is 17.1 Å². The van der Waals surface area contributed by atoms with E-state index in [9.17, 15) is 18.8 Å². The molecule has 1 N–H and O–H groups in total. The first-order valence-corrected chi connectivity index (χ1v) is 13.9. The van der Waals surface area contributed by atoms with Crippen LogP contribution >= 0.6 is 11.8 Å². The number of aromatic nitrogens is 1. The van der Waals surface area contributed by atoms with Gasteiger partial charge in [0.25, 0.3) is 6.43 Å². The van der Waals surface area contributed by atoms with Gasteiger partial charge in [0.15, 0.2) is 0 Å². The van der Waals surface area contributed by atoms with Crippen LogP contribution in [0.2, 0.25) is 0 Å². The van der Waals surface area contributed by atoms with Crippen molar-refractivity contribution in [2.75, 3.05) is 7.11 Å². The number of carbonyl (C=O) groups is 1. The predicted octanol–water partition coefficient (Wildman–Crippen LogP) is 7.05. The van der Waals surface area contributed by atoms with Crippen molar-refractivity contribution in [3.63, 3.8) is 0 Å². The summed E-state index contributed by atoms with van der Waals surface area (Å²) in [7, 11) is 1.54. The largest absolute Gasteiger partial charge is 0.496 e. The van der Waals surface area contributed by atoms with E-state index in [1.54, 1.807) is 32.4 Å². The lowest BCUT2D eigenvalue weighted by Gasteiger charge is -2.19. The van der Waals surface area contributed by atoms with E-state index < -0.39 is 6.43 Å². The van der Waals surface area contributed by atoms with Gasteiger partial charge < -0.3 is 4.74 Å². The number of alkyl halides is 2. The molecule has 0 radical (unpaired) electrons. The number of nitriles is 1. The van der Waals surface area contributed by atoms with Crippen LogP contribution in [0.4, 0.5) is 8.78 Å². The van der Waals surface area contributed by atoms with Crippen molar-refractivity contribution in [3.05, 3.63) is 87.6 Å². The van der Waals surface area contributed by atoms with E-state index in [-0.39, 0.29) is 39.4 Å². The highest BCUT2D eigenvalue weighted by Crippen LogP contribution is 2.47. The van der Waals surface area contributed by atoms with Gasteiger partial charge in [-0.25, -0.2) is 19.2 Å². The van der Waals surface area contributed by atoms with Crippen molar-refractivity contribution in [3.8, 4) is 11.8 Å². The second-order valence-corrected chi connectivity index (χ2v) is 11.8. The molecule has 0 aliphatic heterocycles. The first kappa shape index (κ1) is 29.2. The van der Waals surface area contributed by atoms with Crippen LogP contribution in [0.3, 0.4) is 0 Å². The number of hydrogen-bond acceptors (Lipinski definition) is 6. The number of halogens is 2. The number of methoxy groups -OCH3 is 1. The van der Waals surface area contributed by atoms with Crippen LogP contribution in [0, 0.1) is 24.2 Å². The molecule has 1 amide bonds. The molecule has 0 spiro atoms. The number of aryl methyl sites for hydroxylation is 1. The summed E-state index contributed by atoms with van der Waals surface area (Å²) in [4.78, 5) is 16.7. The number of ether oxygens (including phenoxy) is 1. The summed E-state index contributed by atoms with van der Waals surface area (Å²) >= 11 is 1.19. The Morgan fingerprint density at radius 3 is 2.60 bits per heavy atom. The van der Waals surface area contributed by atoms with Crippen molar-refractivity contribution in [2.45, 2.75) is 62.7 Å². The number of nitrogens with one attached hydrogen (secondary N) is 1.